The molecule has 0 unspecified atom stereocenters. The zero-order chi connectivity index (χ0) is 22.8. The van der Waals surface area contributed by atoms with Gasteiger partial charge in [0.25, 0.3) is 11.8 Å². The molecule has 0 atom stereocenters. The van der Waals surface area contributed by atoms with Crippen LogP contribution < -0.4 is 10.6 Å². The van der Waals surface area contributed by atoms with Crippen molar-refractivity contribution in [1.82, 2.24) is 0 Å². The van der Waals surface area contributed by atoms with Crippen molar-refractivity contribution in [2.45, 2.75) is 27.7 Å². The molecular weight excluding hydrogens is 396 g/mol. The van der Waals surface area contributed by atoms with Crippen molar-refractivity contribution in [1.29, 1.82) is 0 Å². The SMILES string of the molecule is Cc1ccc(C(=O)Nc2cc3ccccc3cc2NC(=O)c2ccc(C)c(C)c2)cc1C. The van der Waals surface area contributed by atoms with Crippen LogP contribution in [0, 0.1) is 27.7 Å². The Morgan fingerprint density at radius 1 is 0.531 bits per heavy atom. The Kier molecular flexibility index (Phi) is 5.78. The number of aryl methyl sites for hydroxylation is 4. The minimum Gasteiger partial charge on any atom is -0.320 e. The summed E-state index contributed by atoms with van der Waals surface area (Å²) in [5, 5.41) is 7.94. The van der Waals surface area contributed by atoms with E-state index in [2.05, 4.69) is 10.6 Å². The first-order valence-corrected chi connectivity index (χ1v) is 10.6. The van der Waals surface area contributed by atoms with Crippen LogP contribution in [0.5, 0.6) is 0 Å². The molecular formula is C28H26N2O2. The molecule has 4 aromatic carbocycles. The molecule has 4 heteroatoms. The maximum Gasteiger partial charge on any atom is 0.255 e. The minimum atomic E-state index is -0.218. The summed E-state index contributed by atoms with van der Waals surface area (Å²) in [4.78, 5) is 26.0. The van der Waals surface area contributed by atoms with Crippen molar-refractivity contribution in [3.63, 3.8) is 0 Å². The molecule has 0 aliphatic heterocycles. The molecule has 4 aromatic rings. The highest BCUT2D eigenvalue weighted by Crippen LogP contribution is 2.30. The molecule has 0 radical (unpaired) electrons. The molecule has 0 aliphatic rings. The number of nitrogens with one attached hydrogen (secondary N) is 2. The summed E-state index contributed by atoms with van der Waals surface area (Å²) in [6, 6.07) is 22.9. The van der Waals surface area contributed by atoms with Crippen LogP contribution in [0.2, 0.25) is 0 Å². The van der Waals surface area contributed by atoms with Crippen LogP contribution in [0.25, 0.3) is 10.8 Å². The van der Waals surface area contributed by atoms with Gasteiger partial charge in [-0.05, 0) is 97.1 Å². The molecule has 0 fully saturated rings. The number of rotatable bonds is 4. The molecule has 0 spiro atoms. The molecule has 32 heavy (non-hydrogen) atoms. The Hall–Kier alpha value is -3.92. The molecule has 2 N–H and O–H groups in total. The van der Waals surface area contributed by atoms with E-state index in [0.717, 1.165) is 33.0 Å². The van der Waals surface area contributed by atoms with Crippen molar-refractivity contribution < 1.29 is 9.59 Å². The van der Waals surface area contributed by atoms with Crippen LogP contribution >= 0.6 is 0 Å². The van der Waals surface area contributed by atoms with E-state index in [1.807, 2.05) is 100 Å². The van der Waals surface area contributed by atoms with Crippen LogP contribution in [0.3, 0.4) is 0 Å². The monoisotopic (exact) mass is 422 g/mol. The van der Waals surface area contributed by atoms with E-state index in [4.69, 9.17) is 0 Å². The fraction of sp³-hybridized carbons (Fsp3) is 0.143. The Morgan fingerprint density at radius 2 is 0.938 bits per heavy atom. The van der Waals surface area contributed by atoms with Crippen molar-refractivity contribution in [2.75, 3.05) is 10.6 Å². The first kappa shape index (κ1) is 21.3. The predicted octanol–water partition coefficient (Wildman–Crippen LogP) is 6.58. The number of anilines is 2. The van der Waals surface area contributed by atoms with E-state index in [9.17, 15) is 9.59 Å². The lowest BCUT2D eigenvalue weighted by molar-refractivity contribution is 0.101. The molecule has 0 heterocycles. The maximum absolute atomic E-state index is 13.0. The molecule has 4 nitrogen and oxygen atoms in total. The highest BCUT2D eigenvalue weighted by Gasteiger charge is 2.15. The van der Waals surface area contributed by atoms with Crippen LogP contribution in [0.15, 0.2) is 72.8 Å². The van der Waals surface area contributed by atoms with Gasteiger partial charge in [-0.1, -0.05) is 36.4 Å². The van der Waals surface area contributed by atoms with E-state index in [-0.39, 0.29) is 11.8 Å². The second-order valence-electron chi connectivity index (χ2n) is 8.25. The molecule has 160 valence electrons. The Bertz CT molecular complexity index is 1250. The van der Waals surface area contributed by atoms with Gasteiger partial charge in [0.05, 0.1) is 11.4 Å². The van der Waals surface area contributed by atoms with Gasteiger partial charge >= 0.3 is 0 Å². The minimum absolute atomic E-state index is 0.218. The van der Waals surface area contributed by atoms with E-state index >= 15 is 0 Å². The second-order valence-corrected chi connectivity index (χ2v) is 8.25. The van der Waals surface area contributed by atoms with E-state index in [0.29, 0.717) is 22.5 Å². The molecule has 0 aromatic heterocycles. The van der Waals surface area contributed by atoms with Gasteiger partial charge in [0.15, 0.2) is 0 Å². The average molecular weight is 423 g/mol. The summed E-state index contributed by atoms with van der Waals surface area (Å²) in [7, 11) is 0. The van der Waals surface area contributed by atoms with Crippen molar-refractivity contribution >= 4 is 34.0 Å². The standard InChI is InChI=1S/C28H26N2O2/c1-17-9-11-23(13-19(17)3)27(31)29-25-15-21-7-5-6-8-22(21)16-26(25)30-28(32)24-12-10-18(2)20(4)14-24/h5-16H,1-4H3,(H,29,31)(H,30,32). The summed E-state index contributed by atoms with van der Waals surface area (Å²) in [6.45, 7) is 8.00. The molecule has 0 aliphatic carbocycles. The quantitative estimate of drug-likeness (QED) is 0.390. The molecule has 0 saturated heterocycles. The zero-order valence-electron chi connectivity index (χ0n) is 18.7. The average Bonchev–Trinajstić information content (AvgIpc) is 2.77. The largest absolute Gasteiger partial charge is 0.320 e. The third kappa shape index (κ3) is 4.40. The van der Waals surface area contributed by atoms with Crippen molar-refractivity contribution in [3.8, 4) is 0 Å². The number of benzene rings is 4. The lowest BCUT2D eigenvalue weighted by Crippen LogP contribution is -2.17. The number of carbonyl (C=O) groups excluding carboxylic acids is 2. The lowest BCUT2D eigenvalue weighted by Gasteiger charge is -2.15. The predicted molar refractivity (Wildman–Crippen MR) is 132 cm³/mol. The highest BCUT2D eigenvalue weighted by molar-refractivity contribution is 6.12. The molecule has 0 bridgehead atoms. The van der Waals surface area contributed by atoms with Crippen LogP contribution in [-0.4, -0.2) is 11.8 Å². The second kappa shape index (κ2) is 8.67. The van der Waals surface area contributed by atoms with Crippen LogP contribution in [-0.2, 0) is 0 Å². The van der Waals surface area contributed by atoms with Gasteiger partial charge < -0.3 is 10.6 Å². The van der Waals surface area contributed by atoms with E-state index < -0.39 is 0 Å². The van der Waals surface area contributed by atoms with Gasteiger partial charge in [0, 0.05) is 11.1 Å². The smallest absolute Gasteiger partial charge is 0.255 e. The zero-order valence-corrected chi connectivity index (χ0v) is 18.7. The van der Waals surface area contributed by atoms with Crippen LogP contribution in [0.4, 0.5) is 11.4 Å². The number of hydrogen-bond donors (Lipinski definition) is 2. The van der Waals surface area contributed by atoms with Gasteiger partial charge in [0.1, 0.15) is 0 Å². The number of carbonyl (C=O) groups is 2. The summed E-state index contributed by atoms with van der Waals surface area (Å²) in [6.07, 6.45) is 0. The van der Waals surface area contributed by atoms with E-state index in [1.165, 1.54) is 0 Å². The number of fused-ring (bicyclic) bond motifs is 1. The molecule has 4 rings (SSSR count). The Balaban J connectivity index is 1.69. The summed E-state index contributed by atoms with van der Waals surface area (Å²) >= 11 is 0. The molecule has 0 saturated carbocycles. The first-order chi connectivity index (χ1) is 15.3. The Labute approximate surface area is 188 Å². The summed E-state index contributed by atoms with van der Waals surface area (Å²) < 4.78 is 0. The number of amides is 2. The van der Waals surface area contributed by atoms with Gasteiger partial charge in [-0.3, -0.25) is 9.59 Å². The first-order valence-electron chi connectivity index (χ1n) is 10.6. The Morgan fingerprint density at radius 3 is 1.31 bits per heavy atom. The van der Waals surface area contributed by atoms with E-state index in [1.54, 1.807) is 0 Å². The topological polar surface area (TPSA) is 58.2 Å². The fourth-order valence-electron chi connectivity index (χ4n) is 3.60. The molecule has 2 amide bonds. The van der Waals surface area contributed by atoms with Crippen LogP contribution in [0.1, 0.15) is 43.0 Å². The van der Waals surface area contributed by atoms with Gasteiger partial charge in [-0.15, -0.1) is 0 Å². The van der Waals surface area contributed by atoms with Crippen molar-refractivity contribution in [3.05, 3.63) is 106 Å². The normalized spacial score (nSPS) is 10.8. The maximum atomic E-state index is 13.0. The van der Waals surface area contributed by atoms with Crippen molar-refractivity contribution in [2.24, 2.45) is 0 Å². The summed E-state index contributed by atoms with van der Waals surface area (Å²) in [5.41, 5.74) is 6.65. The summed E-state index contributed by atoms with van der Waals surface area (Å²) in [5.74, 6) is -0.435. The highest BCUT2D eigenvalue weighted by atomic mass is 16.2. The fourth-order valence-corrected chi connectivity index (χ4v) is 3.60. The van der Waals surface area contributed by atoms with Gasteiger partial charge in [-0.25, -0.2) is 0 Å². The third-order valence-electron chi connectivity index (χ3n) is 5.92. The van der Waals surface area contributed by atoms with Gasteiger partial charge in [-0.2, -0.15) is 0 Å². The van der Waals surface area contributed by atoms with Gasteiger partial charge in [0.2, 0.25) is 0 Å². The third-order valence-corrected chi connectivity index (χ3v) is 5.92. The number of hydrogen-bond acceptors (Lipinski definition) is 2. The lowest BCUT2D eigenvalue weighted by atomic mass is 10.0.